The Hall–Kier alpha value is -5.99. The summed E-state index contributed by atoms with van der Waals surface area (Å²) < 4.78 is 15.3. The van der Waals surface area contributed by atoms with Crippen LogP contribution in [0, 0.1) is 5.82 Å². The number of anilines is 3. The molecule has 7 aromatic rings. The lowest BCUT2D eigenvalue weighted by Gasteiger charge is -2.36. The zero-order valence-electron chi connectivity index (χ0n) is 25.5. The smallest absolute Gasteiger partial charge is 0.123 e. The van der Waals surface area contributed by atoms with Crippen molar-refractivity contribution in [1.82, 2.24) is 0 Å². The molecule has 2 heteroatoms. The molecule has 0 bridgehead atoms. The number of halogens is 1. The van der Waals surface area contributed by atoms with Crippen LogP contribution in [0.3, 0.4) is 0 Å². The second-order valence-corrected chi connectivity index (χ2v) is 12.6. The van der Waals surface area contributed by atoms with Crippen LogP contribution in [0.2, 0.25) is 0 Å². The lowest BCUT2D eigenvalue weighted by Crippen LogP contribution is -2.26. The van der Waals surface area contributed by atoms with Crippen LogP contribution in [0.5, 0.6) is 0 Å². The van der Waals surface area contributed by atoms with Gasteiger partial charge in [-0.2, -0.15) is 0 Å². The minimum absolute atomic E-state index is 0.213. The first-order valence-electron chi connectivity index (χ1n) is 16.1. The van der Waals surface area contributed by atoms with Gasteiger partial charge in [-0.05, 0) is 98.1 Å². The van der Waals surface area contributed by atoms with Crippen molar-refractivity contribution in [3.05, 3.63) is 209 Å². The summed E-state index contributed by atoms with van der Waals surface area (Å²) in [5, 5.41) is 0. The minimum atomic E-state index is -0.622. The van der Waals surface area contributed by atoms with E-state index in [4.69, 9.17) is 0 Å². The second-order valence-electron chi connectivity index (χ2n) is 12.6. The third kappa shape index (κ3) is 3.53. The topological polar surface area (TPSA) is 3.24 Å². The Morgan fingerprint density at radius 1 is 0.426 bits per heavy atom. The fourth-order valence-electron chi connectivity index (χ4n) is 8.46. The molecule has 0 amide bonds. The van der Waals surface area contributed by atoms with Crippen molar-refractivity contribution in [2.24, 2.45) is 0 Å². The maximum atomic E-state index is 15.3. The highest BCUT2D eigenvalue weighted by molar-refractivity contribution is 6.06. The molecule has 2 aliphatic carbocycles. The maximum Gasteiger partial charge on any atom is 0.123 e. The van der Waals surface area contributed by atoms with E-state index in [0.29, 0.717) is 0 Å². The van der Waals surface area contributed by atoms with E-state index in [1.165, 1.54) is 50.1 Å². The third-order valence-corrected chi connectivity index (χ3v) is 10.3. The van der Waals surface area contributed by atoms with Crippen LogP contribution in [-0.4, -0.2) is 0 Å². The first kappa shape index (κ1) is 26.2. The molecule has 0 radical (unpaired) electrons. The zero-order chi connectivity index (χ0) is 31.1. The summed E-state index contributed by atoms with van der Waals surface area (Å²) in [7, 11) is 0. The van der Waals surface area contributed by atoms with Gasteiger partial charge in [-0.25, -0.2) is 4.39 Å². The standard InChI is InChI=1S/C45H28FN/c46-30-22-24-34-35-25-23-31(28-42(35)45(41(34)27-30)39-18-8-4-14-32(39)33-15-5-9-19-40(33)45)47-43-20-10-6-16-36(43)38(26-29-12-2-1-3-13-29)37-17-7-11-21-44(37)47/h1-28H. The van der Waals surface area contributed by atoms with Crippen LogP contribution in [0.1, 0.15) is 38.9 Å². The Kier molecular flexibility index (Phi) is 5.45. The van der Waals surface area contributed by atoms with Crippen LogP contribution < -0.4 is 4.90 Å². The summed E-state index contributed by atoms with van der Waals surface area (Å²) >= 11 is 0. The second kappa shape index (κ2) is 9.75. The number of fused-ring (bicyclic) bond motifs is 12. The molecule has 47 heavy (non-hydrogen) atoms. The molecular formula is C45H28FN. The van der Waals surface area contributed by atoms with Gasteiger partial charge in [0.2, 0.25) is 0 Å². The van der Waals surface area contributed by atoms with E-state index in [-0.39, 0.29) is 5.82 Å². The molecule has 0 saturated carbocycles. The fraction of sp³-hybridized carbons (Fsp3) is 0.0222. The number of nitrogens with zero attached hydrogens (tertiary/aromatic N) is 1. The highest BCUT2D eigenvalue weighted by Gasteiger charge is 2.52. The van der Waals surface area contributed by atoms with Crippen LogP contribution in [0.25, 0.3) is 33.9 Å². The molecule has 0 fully saturated rings. The highest BCUT2D eigenvalue weighted by atomic mass is 19.1. The Labute approximate surface area is 273 Å². The Morgan fingerprint density at radius 3 is 1.55 bits per heavy atom. The van der Waals surface area contributed by atoms with Crippen LogP contribution in [-0.2, 0) is 5.41 Å². The van der Waals surface area contributed by atoms with E-state index >= 15 is 4.39 Å². The van der Waals surface area contributed by atoms with Gasteiger partial charge in [0.15, 0.2) is 0 Å². The molecule has 7 aromatic carbocycles. The number of hydrogen-bond acceptors (Lipinski definition) is 1. The summed E-state index contributed by atoms with van der Waals surface area (Å²) in [5.41, 5.74) is 16.7. The Balaban J connectivity index is 1.25. The number of hydrogen-bond donors (Lipinski definition) is 0. The largest absolute Gasteiger partial charge is 0.309 e. The van der Waals surface area contributed by atoms with Crippen molar-refractivity contribution < 1.29 is 4.39 Å². The van der Waals surface area contributed by atoms with Gasteiger partial charge >= 0.3 is 0 Å². The molecule has 0 atom stereocenters. The van der Waals surface area contributed by atoms with E-state index in [1.54, 1.807) is 12.1 Å². The van der Waals surface area contributed by atoms with Gasteiger partial charge in [-0.15, -0.1) is 0 Å². The number of para-hydroxylation sites is 2. The van der Waals surface area contributed by atoms with Crippen molar-refractivity contribution in [1.29, 1.82) is 0 Å². The molecule has 1 aliphatic heterocycles. The van der Waals surface area contributed by atoms with Crippen molar-refractivity contribution in [2.45, 2.75) is 5.41 Å². The first-order chi connectivity index (χ1) is 23.2. The van der Waals surface area contributed by atoms with Crippen LogP contribution >= 0.6 is 0 Å². The van der Waals surface area contributed by atoms with E-state index < -0.39 is 5.41 Å². The van der Waals surface area contributed by atoms with Gasteiger partial charge in [-0.1, -0.05) is 127 Å². The summed E-state index contributed by atoms with van der Waals surface area (Å²) in [5.74, 6) is -0.213. The van der Waals surface area contributed by atoms with Crippen LogP contribution in [0.4, 0.5) is 21.5 Å². The zero-order valence-corrected chi connectivity index (χ0v) is 25.5. The molecule has 0 saturated heterocycles. The third-order valence-electron chi connectivity index (χ3n) is 10.3. The fourth-order valence-corrected chi connectivity index (χ4v) is 8.46. The predicted octanol–water partition coefficient (Wildman–Crippen LogP) is 11.5. The van der Waals surface area contributed by atoms with Gasteiger partial charge in [0.25, 0.3) is 0 Å². The molecule has 0 aromatic heterocycles. The van der Waals surface area contributed by atoms with E-state index in [9.17, 15) is 0 Å². The minimum Gasteiger partial charge on any atom is -0.309 e. The molecular weight excluding hydrogens is 574 g/mol. The average molecular weight is 602 g/mol. The van der Waals surface area contributed by atoms with Crippen LogP contribution in [0.15, 0.2) is 164 Å². The van der Waals surface area contributed by atoms with Gasteiger partial charge in [0, 0.05) is 16.8 Å². The van der Waals surface area contributed by atoms with E-state index in [2.05, 4.69) is 157 Å². The monoisotopic (exact) mass is 601 g/mol. The van der Waals surface area contributed by atoms with Gasteiger partial charge < -0.3 is 4.90 Å². The van der Waals surface area contributed by atoms with Gasteiger partial charge in [-0.3, -0.25) is 0 Å². The molecule has 10 rings (SSSR count). The van der Waals surface area contributed by atoms with E-state index in [0.717, 1.165) is 33.8 Å². The first-order valence-corrected chi connectivity index (χ1v) is 16.1. The quantitative estimate of drug-likeness (QED) is 0.191. The SMILES string of the molecule is Fc1ccc2c(c1)C1(c3ccccc3-c3ccccc31)c1cc(N3c4ccccc4C(=Cc4ccccc4)c4ccccc43)ccc1-2. The number of benzene rings is 7. The molecule has 1 spiro atoms. The molecule has 220 valence electrons. The number of rotatable bonds is 2. The summed E-state index contributed by atoms with van der Waals surface area (Å²) in [6.07, 6.45) is 2.30. The lowest BCUT2D eigenvalue weighted by molar-refractivity contribution is 0.622. The van der Waals surface area contributed by atoms with Gasteiger partial charge in [0.05, 0.1) is 16.8 Å². The van der Waals surface area contributed by atoms with E-state index in [1.807, 2.05) is 6.07 Å². The van der Waals surface area contributed by atoms with Gasteiger partial charge in [0.1, 0.15) is 5.82 Å². The Morgan fingerprint density at radius 2 is 0.915 bits per heavy atom. The molecule has 0 N–H and O–H groups in total. The molecule has 1 nitrogen and oxygen atoms in total. The van der Waals surface area contributed by atoms with Crippen molar-refractivity contribution in [3.63, 3.8) is 0 Å². The summed E-state index contributed by atoms with van der Waals surface area (Å²) in [4.78, 5) is 2.40. The normalized spacial score (nSPS) is 14.1. The Bertz CT molecular complexity index is 2340. The lowest BCUT2D eigenvalue weighted by atomic mass is 9.70. The van der Waals surface area contributed by atoms with Crippen molar-refractivity contribution in [3.8, 4) is 22.3 Å². The van der Waals surface area contributed by atoms with Crippen molar-refractivity contribution >= 4 is 28.7 Å². The summed E-state index contributed by atoms with van der Waals surface area (Å²) in [6.45, 7) is 0. The van der Waals surface area contributed by atoms with Crippen molar-refractivity contribution in [2.75, 3.05) is 4.90 Å². The maximum absolute atomic E-state index is 15.3. The summed E-state index contributed by atoms with van der Waals surface area (Å²) in [6, 6.07) is 57.4. The molecule has 3 aliphatic rings. The highest BCUT2D eigenvalue weighted by Crippen LogP contribution is 2.63. The molecule has 1 heterocycles. The average Bonchev–Trinajstić information content (AvgIpc) is 3.58. The predicted molar refractivity (Wildman–Crippen MR) is 191 cm³/mol. The molecule has 0 unspecified atom stereocenters.